The van der Waals surface area contributed by atoms with Crippen LogP contribution in [0.1, 0.15) is 5.56 Å². The maximum atomic E-state index is 13.9. The fraction of sp³-hybridized carbons (Fsp3) is 0.0667. The van der Waals surface area contributed by atoms with Gasteiger partial charge in [-0.05, 0) is 18.6 Å². The number of aryl methyl sites for hydroxylation is 1. The molecule has 3 rings (SSSR count). The van der Waals surface area contributed by atoms with Crippen LogP contribution < -0.4 is 0 Å². The first-order valence-corrected chi connectivity index (χ1v) is 6.02. The van der Waals surface area contributed by atoms with Crippen LogP contribution >= 0.6 is 0 Å². The minimum atomic E-state index is -2.16. The van der Waals surface area contributed by atoms with Crippen LogP contribution in [0.4, 0.5) is 22.0 Å². The Balaban J connectivity index is 2.41. The SMILES string of the molecule is Cc1c(-c2c(F)c(F)c(F)c(F)c2F)[nH]c2ccccc12. The molecule has 0 aliphatic heterocycles. The summed E-state index contributed by atoms with van der Waals surface area (Å²) >= 11 is 0. The van der Waals surface area contributed by atoms with Gasteiger partial charge in [0.1, 0.15) is 0 Å². The third-order valence-electron chi connectivity index (χ3n) is 3.43. The zero-order chi connectivity index (χ0) is 15.3. The van der Waals surface area contributed by atoms with Gasteiger partial charge in [-0.15, -0.1) is 0 Å². The molecule has 1 nitrogen and oxygen atoms in total. The number of rotatable bonds is 1. The van der Waals surface area contributed by atoms with Gasteiger partial charge in [-0.1, -0.05) is 18.2 Å². The highest BCUT2D eigenvalue weighted by molar-refractivity contribution is 5.90. The predicted molar refractivity (Wildman–Crippen MR) is 68.3 cm³/mol. The molecule has 1 heterocycles. The molecule has 0 saturated heterocycles. The molecular weight excluding hydrogens is 289 g/mol. The van der Waals surface area contributed by atoms with Crippen LogP contribution in [-0.4, -0.2) is 4.98 Å². The van der Waals surface area contributed by atoms with Crippen LogP contribution in [0.25, 0.3) is 22.2 Å². The molecule has 0 unspecified atom stereocenters. The summed E-state index contributed by atoms with van der Waals surface area (Å²) in [5.41, 5.74) is -0.105. The van der Waals surface area contributed by atoms with Crippen molar-refractivity contribution in [1.29, 1.82) is 0 Å². The average Bonchev–Trinajstić information content (AvgIpc) is 2.81. The Labute approximate surface area is 116 Å². The van der Waals surface area contributed by atoms with Crippen molar-refractivity contribution in [2.45, 2.75) is 6.92 Å². The van der Waals surface area contributed by atoms with Crippen molar-refractivity contribution >= 4 is 10.9 Å². The van der Waals surface area contributed by atoms with E-state index in [0.717, 1.165) is 0 Å². The summed E-state index contributed by atoms with van der Waals surface area (Å²) in [5.74, 6) is -9.77. The van der Waals surface area contributed by atoms with Gasteiger partial charge in [0, 0.05) is 10.9 Å². The molecule has 0 amide bonds. The van der Waals surface area contributed by atoms with E-state index in [-0.39, 0.29) is 5.69 Å². The van der Waals surface area contributed by atoms with Crippen LogP contribution in [0.15, 0.2) is 24.3 Å². The van der Waals surface area contributed by atoms with Crippen molar-refractivity contribution in [1.82, 2.24) is 4.98 Å². The average molecular weight is 297 g/mol. The summed E-state index contributed by atoms with van der Waals surface area (Å²) in [6.07, 6.45) is 0. The van der Waals surface area contributed by atoms with Gasteiger partial charge in [0.15, 0.2) is 23.3 Å². The van der Waals surface area contributed by atoms with Gasteiger partial charge in [0.2, 0.25) is 5.82 Å². The first-order chi connectivity index (χ1) is 9.93. The number of hydrogen-bond acceptors (Lipinski definition) is 0. The Kier molecular flexibility index (Phi) is 2.97. The molecule has 6 heteroatoms. The van der Waals surface area contributed by atoms with Gasteiger partial charge in [-0.3, -0.25) is 0 Å². The van der Waals surface area contributed by atoms with Crippen molar-refractivity contribution < 1.29 is 22.0 Å². The summed E-state index contributed by atoms with van der Waals surface area (Å²) in [4.78, 5) is 2.70. The first-order valence-electron chi connectivity index (χ1n) is 6.02. The summed E-state index contributed by atoms with van der Waals surface area (Å²) < 4.78 is 67.4. The van der Waals surface area contributed by atoms with Gasteiger partial charge in [-0.25, -0.2) is 22.0 Å². The van der Waals surface area contributed by atoms with Gasteiger partial charge >= 0.3 is 0 Å². The number of H-pyrrole nitrogens is 1. The van der Waals surface area contributed by atoms with E-state index < -0.39 is 34.6 Å². The molecule has 0 bridgehead atoms. The number of benzene rings is 2. The Bertz CT molecular complexity index is 837. The zero-order valence-corrected chi connectivity index (χ0v) is 10.7. The van der Waals surface area contributed by atoms with Crippen LogP contribution in [0, 0.1) is 36.0 Å². The van der Waals surface area contributed by atoms with E-state index in [1.165, 1.54) is 0 Å². The normalized spacial score (nSPS) is 11.3. The zero-order valence-electron chi connectivity index (χ0n) is 10.7. The Morgan fingerprint density at radius 3 is 1.86 bits per heavy atom. The van der Waals surface area contributed by atoms with E-state index in [0.29, 0.717) is 16.5 Å². The van der Waals surface area contributed by atoms with E-state index in [2.05, 4.69) is 4.98 Å². The second kappa shape index (κ2) is 4.58. The van der Waals surface area contributed by atoms with Crippen molar-refractivity contribution in [3.05, 3.63) is 58.9 Å². The van der Waals surface area contributed by atoms with E-state index in [1.54, 1.807) is 31.2 Å². The second-order valence-corrected chi connectivity index (χ2v) is 4.62. The van der Waals surface area contributed by atoms with Gasteiger partial charge in [-0.2, -0.15) is 0 Å². The summed E-state index contributed by atoms with van der Waals surface area (Å²) in [7, 11) is 0. The Morgan fingerprint density at radius 2 is 1.29 bits per heavy atom. The third-order valence-corrected chi connectivity index (χ3v) is 3.43. The lowest BCUT2D eigenvalue weighted by Crippen LogP contribution is -2.04. The number of hydrogen-bond donors (Lipinski definition) is 1. The van der Waals surface area contributed by atoms with Crippen LogP contribution in [-0.2, 0) is 0 Å². The van der Waals surface area contributed by atoms with Gasteiger partial charge in [0.05, 0.1) is 11.3 Å². The molecule has 1 N–H and O–H groups in total. The van der Waals surface area contributed by atoms with Crippen molar-refractivity contribution in [2.75, 3.05) is 0 Å². The number of aromatic nitrogens is 1. The van der Waals surface area contributed by atoms with Crippen molar-refractivity contribution in [3.63, 3.8) is 0 Å². The summed E-state index contributed by atoms with van der Waals surface area (Å²) in [5, 5.41) is 0.649. The highest BCUT2D eigenvalue weighted by Crippen LogP contribution is 2.35. The Hall–Kier alpha value is -2.37. The molecule has 21 heavy (non-hydrogen) atoms. The smallest absolute Gasteiger partial charge is 0.200 e. The van der Waals surface area contributed by atoms with Crippen molar-refractivity contribution in [2.24, 2.45) is 0 Å². The largest absolute Gasteiger partial charge is 0.354 e. The predicted octanol–water partition coefficient (Wildman–Crippen LogP) is 4.84. The highest BCUT2D eigenvalue weighted by atomic mass is 19.2. The second-order valence-electron chi connectivity index (χ2n) is 4.62. The van der Waals surface area contributed by atoms with Crippen LogP contribution in [0.5, 0.6) is 0 Å². The first kappa shape index (κ1) is 13.6. The van der Waals surface area contributed by atoms with Gasteiger partial charge < -0.3 is 4.98 Å². The lowest BCUT2D eigenvalue weighted by molar-refractivity contribution is 0.381. The summed E-state index contributed by atoms with van der Waals surface area (Å²) in [6, 6.07) is 6.75. The molecule has 0 spiro atoms. The van der Waals surface area contributed by atoms with Crippen LogP contribution in [0.3, 0.4) is 0 Å². The lowest BCUT2D eigenvalue weighted by Gasteiger charge is -2.07. The quantitative estimate of drug-likeness (QED) is 0.376. The molecular formula is C15H8F5N. The van der Waals surface area contributed by atoms with Crippen molar-refractivity contribution in [3.8, 4) is 11.3 Å². The topological polar surface area (TPSA) is 15.8 Å². The molecule has 0 atom stereocenters. The molecule has 0 fully saturated rings. The van der Waals surface area contributed by atoms with E-state index in [1.807, 2.05) is 0 Å². The molecule has 2 aromatic carbocycles. The van der Waals surface area contributed by atoms with E-state index in [4.69, 9.17) is 0 Å². The number of fused-ring (bicyclic) bond motifs is 1. The molecule has 0 radical (unpaired) electrons. The summed E-state index contributed by atoms with van der Waals surface area (Å²) in [6.45, 7) is 1.55. The minimum Gasteiger partial charge on any atom is -0.354 e. The van der Waals surface area contributed by atoms with Gasteiger partial charge in [0.25, 0.3) is 0 Å². The number of aromatic amines is 1. The highest BCUT2D eigenvalue weighted by Gasteiger charge is 2.28. The Morgan fingerprint density at radius 1 is 0.762 bits per heavy atom. The monoisotopic (exact) mass is 297 g/mol. The maximum absolute atomic E-state index is 13.9. The maximum Gasteiger partial charge on any atom is 0.200 e. The molecule has 108 valence electrons. The number of nitrogens with one attached hydrogen (secondary N) is 1. The molecule has 0 saturated carbocycles. The van der Waals surface area contributed by atoms with Crippen LogP contribution in [0.2, 0.25) is 0 Å². The number of halogens is 5. The molecule has 0 aliphatic rings. The molecule has 1 aromatic heterocycles. The fourth-order valence-corrected chi connectivity index (χ4v) is 2.36. The van der Waals surface area contributed by atoms with E-state index in [9.17, 15) is 22.0 Å². The fourth-order valence-electron chi connectivity index (χ4n) is 2.36. The standard InChI is InChI=1S/C15H8F5N/c1-6-7-4-2-3-5-8(7)21-15(6)9-10(16)12(18)14(20)13(19)11(9)17/h2-5,21H,1H3. The third kappa shape index (κ3) is 1.82. The lowest BCUT2D eigenvalue weighted by atomic mass is 10.0. The molecule has 3 aromatic rings. The number of para-hydroxylation sites is 1. The molecule has 0 aliphatic carbocycles. The minimum absolute atomic E-state index is 0.121. The van der Waals surface area contributed by atoms with E-state index >= 15 is 0 Å².